The number of hydrogen-bond donors (Lipinski definition) is 1. The molecule has 0 aromatic rings. The molecule has 1 N–H and O–H groups in total. The molecule has 0 aliphatic heterocycles. The molecule has 0 bridgehead atoms. The summed E-state index contributed by atoms with van der Waals surface area (Å²) in [6, 6.07) is 0. The van der Waals surface area contributed by atoms with Crippen molar-refractivity contribution in [3.63, 3.8) is 0 Å². The molecule has 6 atom stereocenters. The summed E-state index contributed by atoms with van der Waals surface area (Å²) in [5.74, 6) is 5.18. The molecular formula is C21H26O2. The molecule has 4 aliphatic rings. The summed E-state index contributed by atoms with van der Waals surface area (Å²) >= 11 is 0. The van der Waals surface area contributed by atoms with Gasteiger partial charge in [-0.25, -0.2) is 0 Å². The van der Waals surface area contributed by atoms with Gasteiger partial charge in [0.25, 0.3) is 0 Å². The Labute approximate surface area is 139 Å². The fraction of sp³-hybridized carbons (Fsp3) is 0.667. The molecule has 0 spiro atoms. The third kappa shape index (κ3) is 1.89. The fourth-order valence-electron chi connectivity index (χ4n) is 6.60. The molecule has 4 aliphatic carbocycles. The number of allylic oxidation sites excluding steroid dienone is 4. The maximum Gasteiger partial charge on any atom is 0.178 e. The van der Waals surface area contributed by atoms with E-state index in [1.807, 2.05) is 6.08 Å². The number of ketones is 1. The van der Waals surface area contributed by atoms with Gasteiger partial charge >= 0.3 is 0 Å². The van der Waals surface area contributed by atoms with E-state index in [9.17, 15) is 9.90 Å². The third-order valence-corrected chi connectivity index (χ3v) is 7.66. The topological polar surface area (TPSA) is 37.3 Å². The normalized spacial score (nSPS) is 48.0. The molecule has 0 unspecified atom stereocenters. The molecule has 2 heteroatoms. The van der Waals surface area contributed by atoms with E-state index in [0.717, 1.165) is 44.9 Å². The first-order valence-corrected chi connectivity index (χ1v) is 9.17. The zero-order chi connectivity index (χ0) is 16.2. The van der Waals surface area contributed by atoms with Gasteiger partial charge in [-0.1, -0.05) is 24.5 Å². The van der Waals surface area contributed by atoms with Gasteiger partial charge in [0.1, 0.15) is 5.60 Å². The van der Waals surface area contributed by atoms with Crippen LogP contribution in [0.2, 0.25) is 0 Å². The summed E-state index contributed by atoms with van der Waals surface area (Å²) in [6.07, 6.45) is 18.7. The molecule has 0 saturated heterocycles. The minimum atomic E-state index is -0.911. The van der Waals surface area contributed by atoms with Crippen LogP contribution in [0.25, 0.3) is 0 Å². The Morgan fingerprint density at radius 1 is 1.30 bits per heavy atom. The number of rotatable bonds is 1. The zero-order valence-corrected chi connectivity index (χ0v) is 13.9. The first-order valence-electron chi connectivity index (χ1n) is 9.17. The zero-order valence-electron chi connectivity index (χ0n) is 13.9. The molecule has 0 heterocycles. The molecular weight excluding hydrogens is 284 g/mol. The lowest BCUT2D eigenvalue weighted by molar-refractivity contribution is -0.111. The van der Waals surface area contributed by atoms with Gasteiger partial charge in [0.15, 0.2) is 5.78 Å². The first kappa shape index (κ1) is 15.2. The van der Waals surface area contributed by atoms with Gasteiger partial charge in [0.2, 0.25) is 0 Å². The number of terminal acetylenes is 1. The first-order chi connectivity index (χ1) is 11.0. The smallest absolute Gasteiger partial charge is 0.178 e. The molecule has 122 valence electrons. The predicted octanol–water partition coefficient (Wildman–Crippen LogP) is 3.66. The van der Waals surface area contributed by atoms with Crippen LogP contribution in [0.5, 0.6) is 0 Å². The van der Waals surface area contributed by atoms with Crippen molar-refractivity contribution < 1.29 is 9.90 Å². The number of fused-ring (bicyclic) bond motifs is 5. The summed E-state index contributed by atoms with van der Waals surface area (Å²) in [4.78, 5) is 11.7. The van der Waals surface area contributed by atoms with Crippen LogP contribution in [0.15, 0.2) is 23.8 Å². The van der Waals surface area contributed by atoms with Crippen molar-refractivity contribution in [1.82, 2.24) is 0 Å². The van der Waals surface area contributed by atoms with E-state index in [1.165, 1.54) is 5.57 Å². The van der Waals surface area contributed by atoms with Gasteiger partial charge in [-0.15, -0.1) is 6.42 Å². The maximum absolute atomic E-state index is 11.7. The highest BCUT2D eigenvalue weighted by atomic mass is 16.3. The second-order valence-corrected chi connectivity index (χ2v) is 8.07. The quantitative estimate of drug-likeness (QED) is 0.751. The number of hydrogen-bond acceptors (Lipinski definition) is 2. The number of carbonyl (C=O) groups is 1. The van der Waals surface area contributed by atoms with Crippen molar-refractivity contribution >= 4 is 5.78 Å². The summed E-state index contributed by atoms with van der Waals surface area (Å²) in [6.45, 7) is 2.20. The van der Waals surface area contributed by atoms with Crippen LogP contribution in [-0.4, -0.2) is 16.5 Å². The Balaban J connectivity index is 1.68. The van der Waals surface area contributed by atoms with Gasteiger partial charge in [0.05, 0.1) is 0 Å². The summed E-state index contributed by atoms with van der Waals surface area (Å²) in [5.41, 5.74) is 0.345. The second-order valence-electron chi connectivity index (χ2n) is 8.07. The second kappa shape index (κ2) is 5.08. The summed E-state index contributed by atoms with van der Waals surface area (Å²) in [7, 11) is 0. The molecule has 0 radical (unpaired) electrons. The Morgan fingerprint density at radius 2 is 2.13 bits per heavy atom. The van der Waals surface area contributed by atoms with E-state index < -0.39 is 5.60 Å². The van der Waals surface area contributed by atoms with E-state index in [1.54, 1.807) is 6.08 Å². The van der Waals surface area contributed by atoms with Crippen LogP contribution in [0.3, 0.4) is 0 Å². The summed E-state index contributed by atoms with van der Waals surface area (Å²) < 4.78 is 0. The SMILES string of the molecule is C#C[C@]1(O)CC[C@H]2[C@@H]3CCC4=CC(=O)C=C[C@@H]4[C@H]3CC[C@@]21CC. The Morgan fingerprint density at radius 3 is 2.87 bits per heavy atom. The molecule has 0 aromatic heterocycles. The third-order valence-electron chi connectivity index (χ3n) is 7.66. The van der Waals surface area contributed by atoms with Crippen LogP contribution >= 0.6 is 0 Å². The number of carbonyl (C=O) groups excluding carboxylic acids is 1. The van der Waals surface area contributed by atoms with E-state index in [4.69, 9.17) is 6.42 Å². The van der Waals surface area contributed by atoms with Crippen LogP contribution < -0.4 is 0 Å². The monoisotopic (exact) mass is 310 g/mol. The maximum atomic E-state index is 11.7. The summed E-state index contributed by atoms with van der Waals surface area (Å²) in [5, 5.41) is 11.1. The van der Waals surface area contributed by atoms with Crippen LogP contribution in [-0.2, 0) is 4.79 Å². The van der Waals surface area contributed by atoms with Gasteiger partial charge in [-0.05, 0) is 74.9 Å². The van der Waals surface area contributed by atoms with Gasteiger partial charge in [-0.3, -0.25) is 4.79 Å². The molecule has 0 aromatic carbocycles. The minimum Gasteiger partial charge on any atom is -0.377 e. The predicted molar refractivity (Wildman–Crippen MR) is 90.4 cm³/mol. The van der Waals surface area contributed by atoms with Crippen molar-refractivity contribution in [1.29, 1.82) is 0 Å². The van der Waals surface area contributed by atoms with E-state index in [2.05, 4.69) is 18.9 Å². The highest BCUT2D eigenvalue weighted by molar-refractivity contribution is 6.00. The lowest BCUT2D eigenvalue weighted by Gasteiger charge is -2.55. The van der Waals surface area contributed by atoms with Crippen LogP contribution in [0.4, 0.5) is 0 Å². The average molecular weight is 310 g/mol. The Hall–Kier alpha value is -1.33. The van der Waals surface area contributed by atoms with Gasteiger partial charge < -0.3 is 5.11 Å². The van der Waals surface area contributed by atoms with E-state index in [-0.39, 0.29) is 11.2 Å². The minimum absolute atomic E-state index is 0.0850. The number of aliphatic hydroxyl groups is 1. The van der Waals surface area contributed by atoms with Crippen molar-refractivity contribution in [2.75, 3.05) is 0 Å². The highest BCUT2D eigenvalue weighted by Crippen LogP contribution is 2.65. The van der Waals surface area contributed by atoms with Gasteiger partial charge in [-0.2, -0.15) is 0 Å². The molecule has 23 heavy (non-hydrogen) atoms. The Bertz CT molecular complexity index is 637. The van der Waals surface area contributed by atoms with Crippen molar-refractivity contribution in [3.05, 3.63) is 23.8 Å². The Kier molecular flexibility index (Phi) is 3.36. The largest absolute Gasteiger partial charge is 0.377 e. The van der Waals surface area contributed by atoms with Crippen molar-refractivity contribution in [2.45, 2.75) is 57.5 Å². The fourth-order valence-corrected chi connectivity index (χ4v) is 6.60. The van der Waals surface area contributed by atoms with Crippen LogP contribution in [0.1, 0.15) is 51.9 Å². The van der Waals surface area contributed by atoms with Crippen molar-refractivity contribution in [2.24, 2.45) is 29.1 Å². The highest BCUT2D eigenvalue weighted by Gasteiger charge is 2.63. The molecule has 3 fully saturated rings. The van der Waals surface area contributed by atoms with Gasteiger partial charge in [0, 0.05) is 11.3 Å². The molecule has 0 amide bonds. The standard InChI is InChI=1S/C21H26O2/c1-3-20-11-9-17-16-8-6-15(22)13-14(16)5-7-18(17)19(20)10-12-21(20,23)4-2/h2,6,8,13,16-19,23H,3,5,7,9-12H2,1H3/t16-,17+,18+,19-,20-,21-/m0/s1. The average Bonchev–Trinajstić information content (AvgIpc) is 2.88. The molecule has 4 rings (SSSR count). The van der Waals surface area contributed by atoms with E-state index in [0.29, 0.717) is 23.7 Å². The lowest BCUT2D eigenvalue weighted by atomic mass is 9.50. The lowest BCUT2D eigenvalue weighted by Crippen LogP contribution is -2.53. The van der Waals surface area contributed by atoms with Crippen molar-refractivity contribution in [3.8, 4) is 12.3 Å². The van der Waals surface area contributed by atoms with Crippen LogP contribution in [0, 0.1) is 41.4 Å². The van der Waals surface area contributed by atoms with E-state index >= 15 is 0 Å². The molecule has 3 saturated carbocycles. The molecule has 2 nitrogen and oxygen atoms in total.